The molecule has 98 valence electrons. The minimum absolute atomic E-state index is 0.0618. The van der Waals surface area contributed by atoms with Gasteiger partial charge < -0.3 is 15.5 Å². The Balaban J connectivity index is 1.90. The molecule has 0 aromatic heterocycles. The molecule has 1 saturated heterocycles. The highest BCUT2D eigenvalue weighted by Gasteiger charge is 2.23. The van der Waals surface area contributed by atoms with Crippen molar-refractivity contribution in [3.63, 3.8) is 0 Å². The van der Waals surface area contributed by atoms with E-state index in [1.54, 1.807) is 0 Å². The van der Waals surface area contributed by atoms with E-state index < -0.39 is 0 Å². The summed E-state index contributed by atoms with van der Waals surface area (Å²) in [7, 11) is 0. The van der Waals surface area contributed by atoms with Crippen LogP contribution < -0.4 is 10.6 Å². The first-order valence-electron chi connectivity index (χ1n) is 6.51. The fourth-order valence-electron chi connectivity index (χ4n) is 2.24. The number of piperazine rings is 1. The predicted molar refractivity (Wildman–Crippen MR) is 73.5 cm³/mol. The van der Waals surface area contributed by atoms with Crippen LogP contribution in [-0.4, -0.2) is 43.5 Å². The van der Waals surface area contributed by atoms with Crippen LogP contribution in [0.5, 0.6) is 0 Å². The zero-order chi connectivity index (χ0) is 13.0. The monoisotopic (exact) mass is 247 g/mol. The Labute approximate surface area is 108 Å². The highest BCUT2D eigenvalue weighted by atomic mass is 16.2. The van der Waals surface area contributed by atoms with E-state index in [0.717, 1.165) is 26.2 Å². The number of rotatable bonds is 3. The Morgan fingerprint density at radius 3 is 2.39 bits per heavy atom. The number of anilines is 1. The molecule has 1 unspecified atom stereocenters. The van der Waals surface area contributed by atoms with Crippen molar-refractivity contribution in [3.05, 3.63) is 30.3 Å². The summed E-state index contributed by atoms with van der Waals surface area (Å²) in [6, 6.07) is 10.3. The van der Waals surface area contributed by atoms with Gasteiger partial charge in [0.2, 0.25) is 5.91 Å². The van der Waals surface area contributed by atoms with Gasteiger partial charge in [0, 0.05) is 44.3 Å². The van der Waals surface area contributed by atoms with E-state index in [4.69, 9.17) is 5.73 Å². The van der Waals surface area contributed by atoms with Crippen molar-refractivity contribution in [3.8, 4) is 0 Å². The second kappa shape index (κ2) is 5.87. The molecule has 0 bridgehead atoms. The lowest BCUT2D eigenvalue weighted by Crippen LogP contribution is -2.50. The number of benzene rings is 1. The standard InChI is InChI=1S/C14H21N3O/c1-12(11-15)14(18)17-9-7-16(8-10-17)13-5-3-2-4-6-13/h2-6,12H,7-11,15H2,1H3. The lowest BCUT2D eigenvalue weighted by atomic mass is 10.1. The molecule has 1 aromatic rings. The van der Waals surface area contributed by atoms with Crippen LogP contribution in [0.25, 0.3) is 0 Å². The molecule has 1 aromatic carbocycles. The Morgan fingerprint density at radius 1 is 1.22 bits per heavy atom. The molecule has 4 nitrogen and oxygen atoms in total. The third-order valence-corrected chi connectivity index (χ3v) is 3.49. The Kier molecular flexibility index (Phi) is 4.20. The van der Waals surface area contributed by atoms with E-state index in [2.05, 4.69) is 17.0 Å². The van der Waals surface area contributed by atoms with Crippen molar-refractivity contribution >= 4 is 11.6 Å². The van der Waals surface area contributed by atoms with Gasteiger partial charge in [-0.2, -0.15) is 0 Å². The maximum atomic E-state index is 12.0. The Bertz CT molecular complexity index is 385. The molecule has 1 heterocycles. The largest absolute Gasteiger partial charge is 0.368 e. The summed E-state index contributed by atoms with van der Waals surface area (Å²) in [6.45, 7) is 5.69. The number of carbonyl (C=O) groups is 1. The first-order valence-corrected chi connectivity index (χ1v) is 6.51. The summed E-state index contributed by atoms with van der Waals surface area (Å²) in [4.78, 5) is 16.2. The number of hydrogen-bond donors (Lipinski definition) is 1. The van der Waals surface area contributed by atoms with Crippen molar-refractivity contribution in [1.82, 2.24) is 4.90 Å². The van der Waals surface area contributed by atoms with Gasteiger partial charge in [-0.25, -0.2) is 0 Å². The maximum absolute atomic E-state index is 12.0. The number of para-hydroxylation sites is 1. The van der Waals surface area contributed by atoms with E-state index in [-0.39, 0.29) is 11.8 Å². The zero-order valence-corrected chi connectivity index (χ0v) is 10.9. The normalized spacial score (nSPS) is 17.7. The molecular formula is C14H21N3O. The van der Waals surface area contributed by atoms with Crippen LogP contribution in [0.1, 0.15) is 6.92 Å². The number of nitrogens with two attached hydrogens (primary N) is 1. The highest BCUT2D eigenvalue weighted by molar-refractivity contribution is 5.79. The lowest BCUT2D eigenvalue weighted by Gasteiger charge is -2.37. The molecular weight excluding hydrogens is 226 g/mol. The van der Waals surface area contributed by atoms with Crippen molar-refractivity contribution < 1.29 is 4.79 Å². The molecule has 4 heteroatoms. The molecule has 1 fully saturated rings. The van der Waals surface area contributed by atoms with Gasteiger partial charge in [0.25, 0.3) is 0 Å². The second-order valence-corrected chi connectivity index (χ2v) is 4.78. The third-order valence-electron chi connectivity index (χ3n) is 3.49. The minimum Gasteiger partial charge on any atom is -0.368 e. The van der Waals surface area contributed by atoms with E-state index in [1.807, 2.05) is 30.0 Å². The summed E-state index contributed by atoms with van der Waals surface area (Å²) in [5, 5.41) is 0. The first-order chi connectivity index (χ1) is 8.72. The molecule has 0 aliphatic carbocycles. The zero-order valence-electron chi connectivity index (χ0n) is 10.9. The summed E-state index contributed by atoms with van der Waals surface area (Å²) in [6.07, 6.45) is 0. The van der Waals surface area contributed by atoms with Crippen molar-refractivity contribution in [2.75, 3.05) is 37.6 Å². The summed E-state index contributed by atoms with van der Waals surface area (Å²) < 4.78 is 0. The SMILES string of the molecule is CC(CN)C(=O)N1CCN(c2ccccc2)CC1. The van der Waals surface area contributed by atoms with Crippen LogP contribution in [0, 0.1) is 5.92 Å². The molecule has 1 aliphatic heterocycles. The van der Waals surface area contributed by atoms with Crippen LogP contribution in [0.2, 0.25) is 0 Å². The third kappa shape index (κ3) is 2.82. The van der Waals surface area contributed by atoms with Crippen LogP contribution in [-0.2, 0) is 4.79 Å². The molecule has 2 rings (SSSR count). The van der Waals surface area contributed by atoms with Gasteiger partial charge in [-0.05, 0) is 12.1 Å². The number of nitrogens with zero attached hydrogens (tertiary/aromatic N) is 2. The van der Waals surface area contributed by atoms with E-state index in [9.17, 15) is 4.79 Å². The molecule has 1 atom stereocenters. The van der Waals surface area contributed by atoms with Crippen molar-refractivity contribution in [1.29, 1.82) is 0 Å². The van der Waals surface area contributed by atoms with Crippen LogP contribution in [0.4, 0.5) is 5.69 Å². The fraction of sp³-hybridized carbons (Fsp3) is 0.500. The number of carbonyl (C=O) groups excluding carboxylic acids is 1. The number of hydrogen-bond acceptors (Lipinski definition) is 3. The van der Waals surface area contributed by atoms with E-state index >= 15 is 0 Å². The molecule has 2 N–H and O–H groups in total. The van der Waals surface area contributed by atoms with Gasteiger partial charge in [-0.1, -0.05) is 25.1 Å². The van der Waals surface area contributed by atoms with Gasteiger partial charge in [-0.15, -0.1) is 0 Å². The predicted octanol–water partition coefficient (Wildman–Crippen LogP) is 0.930. The smallest absolute Gasteiger partial charge is 0.226 e. The lowest BCUT2D eigenvalue weighted by molar-refractivity contribution is -0.134. The fourth-order valence-corrected chi connectivity index (χ4v) is 2.24. The summed E-state index contributed by atoms with van der Waals surface area (Å²) in [5.74, 6) is 0.124. The molecule has 0 radical (unpaired) electrons. The van der Waals surface area contributed by atoms with Crippen LogP contribution >= 0.6 is 0 Å². The molecule has 1 amide bonds. The average Bonchev–Trinajstić information content (AvgIpc) is 2.47. The minimum atomic E-state index is -0.0618. The van der Waals surface area contributed by atoms with Gasteiger partial charge in [0.05, 0.1) is 0 Å². The molecule has 1 aliphatic rings. The van der Waals surface area contributed by atoms with Gasteiger partial charge >= 0.3 is 0 Å². The maximum Gasteiger partial charge on any atom is 0.226 e. The van der Waals surface area contributed by atoms with Gasteiger partial charge in [0.1, 0.15) is 0 Å². The second-order valence-electron chi connectivity index (χ2n) is 4.78. The van der Waals surface area contributed by atoms with Crippen molar-refractivity contribution in [2.24, 2.45) is 11.7 Å². The summed E-state index contributed by atoms with van der Waals surface area (Å²) >= 11 is 0. The number of amides is 1. The van der Waals surface area contributed by atoms with E-state index in [0.29, 0.717) is 6.54 Å². The molecule has 0 saturated carbocycles. The van der Waals surface area contributed by atoms with Crippen LogP contribution in [0.3, 0.4) is 0 Å². The average molecular weight is 247 g/mol. The highest BCUT2D eigenvalue weighted by Crippen LogP contribution is 2.16. The summed E-state index contributed by atoms with van der Waals surface area (Å²) in [5.41, 5.74) is 6.77. The first kappa shape index (κ1) is 12.9. The Morgan fingerprint density at radius 2 is 1.83 bits per heavy atom. The van der Waals surface area contributed by atoms with E-state index in [1.165, 1.54) is 5.69 Å². The van der Waals surface area contributed by atoms with Gasteiger partial charge in [-0.3, -0.25) is 4.79 Å². The molecule has 0 spiro atoms. The quantitative estimate of drug-likeness (QED) is 0.864. The van der Waals surface area contributed by atoms with Crippen LogP contribution in [0.15, 0.2) is 30.3 Å². The van der Waals surface area contributed by atoms with Gasteiger partial charge in [0.15, 0.2) is 0 Å². The molecule has 18 heavy (non-hydrogen) atoms. The topological polar surface area (TPSA) is 49.6 Å². The van der Waals surface area contributed by atoms with Crippen molar-refractivity contribution in [2.45, 2.75) is 6.92 Å². The Hall–Kier alpha value is -1.55.